The van der Waals surface area contributed by atoms with Crippen molar-refractivity contribution in [2.75, 3.05) is 0 Å². The highest BCUT2D eigenvalue weighted by Crippen LogP contribution is 2.31. The SMILES string of the molecule is CC#CCCC(O)c1cc2ccccc2s1. The van der Waals surface area contributed by atoms with E-state index in [4.69, 9.17) is 0 Å². The van der Waals surface area contributed by atoms with Gasteiger partial charge in [0.15, 0.2) is 0 Å². The van der Waals surface area contributed by atoms with E-state index in [0.717, 1.165) is 11.3 Å². The van der Waals surface area contributed by atoms with Gasteiger partial charge in [-0.15, -0.1) is 23.2 Å². The number of hydrogen-bond donors (Lipinski definition) is 1. The first-order valence-corrected chi connectivity index (χ1v) is 6.19. The van der Waals surface area contributed by atoms with Gasteiger partial charge in [0.05, 0.1) is 6.10 Å². The predicted octanol–water partition coefficient (Wildman–Crippen LogP) is 3.74. The van der Waals surface area contributed by atoms with Crippen molar-refractivity contribution in [1.29, 1.82) is 0 Å². The zero-order valence-corrected chi connectivity index (χ0v) is 10.1. The van der Waals surface area contributed by atoms with Crippen LogP contribution in [0.15, 0.2) is 30.3 Å². The molecule has 1 atom stereocenters. The maximum Gasteiger partial charge on any atom is 0.0891 e. The van der Waals surface area contributed by atoms with Crippen molar-refractivity contribution < 1.29 is 5.11 Å². The van der Waals surface area contributed by atoms with Crippen molar-refractivity contribution in [2.24, 2.45) is 0 Å². The number of rotatable bonds is 3. The van der Waals surface area contributed by atoms with E-state index >= 15 is 0 Å². The summed E-state index contributed by atoms with van der Waals surface area (Å²) in [7, 11) is 0. The monoisotopic (exact) mass is 230 g/mol. The van der Waals surface area contributed by atoms with Crippen molar-refractivity contribution in [1.82, 2.24) is 0 Å². The largest absolute Gasteiger partial charge is 0.388 e. The normalized spacial score (nSPS) is 12.1. The van der Waals surface area contributed by atoms with Crippen molar-refractivity contribution in [3.8, 4) is 11.8 Å². The molecule has 0 amide bonds. The highest BCUT2D eigenvalue weighted by atomic mass is 32.1. The molecule has 0 radical (unpaired) electrons. The molecular formula is C14H14OS. The summed E-state index contributed by atoms with van der Waals surface area (Å²) in [6.07, 6.45) is 1.10. The maximum absolute atomic E-state index is 9.99. The highest BCUT2D eigenvalue weighted by molar-refractivity contribution is 7.19. The van der Waals surface area contributed by atoms with Crippen LogP contribution in [-0.2, 0) is 0 Å². The molecule has 82 valence electrons. The minimum Gasteiger partial charge on any atom is -0.388 e. The van der Waals surface area contributed by atoms with E-state index in [1.54, 1.807) is 11.3 Å². The van der Waals surface area contributed by atoms with Crippen LogP contribution >= 0.6 is 11.3 Å². The third-order valence-electron chi connectivity index (χ3n) is 2.49. The van der Waals surface area contributed by atoms with Crippen molar-refractivity contribution in [3.63, 3.8) is 0 Å². The lowest BCUT2D eigenvalue weighted by molar-refractivity contribution is 0.173. The van der Waals surface area contributed by atoms with Crippen molar-refractivity contribution >= 4 is 21.4 Å². The van der Waals surface area contributed by atoms with E-state index in [-0.39, 0.29) is 6.10 Å². The molecule has 0 aliphatic carbocycles. The van der Waals surface area contributed by atoms with Crippen LogP contribution < -0.4 is 0 Å². The molecule has 1 nitrogen and oxygen atoms in total. The molecule has 1 unspecified atom stereocenters. The quantitative estimate of drug-likeness (QED) is 0.796. The smallest absolute Gasteiger partial charge is 0.0891 e. The predicted molar refractivity (Wildman–Crippen MR) is 69.5 cm³/mol. The molecule has 16 heavy (non-hydrogen) atoms. The Balaban J connectivity index is 2.15. The summed E-state index contributed by atoms with van der Waals surface area (Å²) in [6.45, 7) is 1.83. The molecule has 2 aromatic rings. The first kappa shape index (κ1) is 11.2. The van der Waals surface area contributed by atoms with Gasteiger partial charge in [-0.1, -0.05) is 18.2 Å². The van der Waals surface area contributed by atoms with Gasteiger partial charge in [-0.3, -0.25) is 0 Å². The first-order chi connectivity index (χ1) is 7.81. The summed E-state index contributed by atoms with van der Waals surface area (Å²) in [5, 5.41) is 11.2. The fraction of sp³-hybridized carbons (Fsp3) is 0.286. The van der Waals surface area contributed by atoms with Gasteiger partial charge in [0.25, 0.3) is 0 Å². The molecule has 1 heterocycles. The number of hydrogen-bond acceptors (Lipinski definition) is 2. The van der Waals surface area contributed by atoms with Crippen LogP contribution in [0.4, 0.5) is 0 Å². The Morgan fingerprint density at radius 1 is 1.38 bits per heavy atom. The minimum absolute atomic E-state index is 0.377. The summed E-state index contributed by atoms with van der Waals surface area (Å²) in [5.74, 6) is 5.82. The molecule has 0 fully saturated rings. The Bertz CT molecular complexity index is 497. The van der Waals surface area contributed by atoms with Crippen LogP contribution in [0.3, 0.4) is 0 Å². The van der Waals surface area contributed by atoms with E-state index in [9.17, 15) is 5.11 Å². The number of aliphatic hydroxyl groups is 1. The Hall–Kier alpha value is -1.30. The van der Waals surface area contributed by atoms with E-state index in [2.05, 4.69) is 30.0 Å². The molecule has 1 aromatic heterocycles. The molecule has 0 aliphatic rings. The summed E-state index contributed by atoms with van der Waals surface area (Å²) >= 11 is 1.67. The third kappa shape index (κ3) is 2.44. The van der Waals surface area contributed by atoms with E-state index in [1.165, 1.54) is 10.1 Å². The summed E-state index contributed by atoms with van der Waals surface area (Å²) in [5.41, 5.74) is 0. The Kier molecular flexibility index (Phi) is 3.61. The number of fused-ring (bicyclic) bond motifs is 1. The van der Waals surface area contributed by atoms with Gasteiger partial charge < -0.3 is 5.11 Å². The van der Waals surface area contributed by atoms with E-state index < -0.39 is 0 Å². The fourth-order valence-corrected chi connectivity index (χ4v) is 2.73. The van der Waals surface area contributed by atoms with Gasteiger partial charge >= 0.3 is 0 Å². The zero-order valence-electron chi connectivity index (χ0n) is 9.23. The third-order valence-corrected chi connectivity index (χ3v) is 3.71. The lowest BCUT2D eigenvalue weighted by Crippen LogP contribution is -1.92. The van der Waals surface area contributed by atoms with Gasteiger partial charge in [0, 0.05) is 16.0 Å². The van der Waals surface area contributed by atoms with Crippen LogP contribution in [-0.4, -0.2) is 5.11 Å². The molecule has 0 saturated carbocycles. The first-order valence-electron chi connectivity index (χ1n) is 5.37. The van der Waals surface area contributed by atoms with Crippen LogP contribution in [0.2, 0.25) is 0 Å². The van der Waals surface area contributed by atoms with Crippen LogP contribution in [0, 0.1) is 11.8 Å². The number of aliphatic hydroxyl groups excluding tert-OH is 1. The number of benzene rings is 1. The Labute approximate surface area is 99.7 Å². The minimum atomic E-state index is -0.377. The Morgan fingerprint density at radius 2 is 2.19 bits per heavy atom. The zero-order chi connectivity index (χ0) is 11.4. The highest BCUT2D eigenvalue weighted by Gasteiger charge is 2.10. The van der Waals surface area contributed by atoms with E-state index in [1.807, 2.05) is 19.1 Å². The lowest BCUT2D eigenvalue weighted by Gasteiger charge is -2.04. The molecular weight excluding hydrogens is 216 g/mol. The van der Waals surface area contributed by atoms with Crippen molar-refractivity contribution in [2.45, 2.75) is 25.9 Å². The molecule has 0 spiro atoms. The standard InChI is InChI=1S/C14H14OS/c1-2-3-4-8-12(15)14-10-11-7-5-6-9-13(11)16-14/h5-7,9-10,12,15H,4,8H2,1H3. The molecule has 1 N–H and O–H groups in total. The average molecular weight is 230 g/mol. The van der Waals surface area contributed by atoms with Gasteiger partial charge in [-0.25, -0.2) is 0 Å². The van der Waals surface area contributed by atoms with E-state index in [0.29, 0.717) is 6.42 Å². The molecule has 0 saturated heterocycles. The maximum atomic E-state index is 9.99. The molecule has 0 aliphatic heterocycles. The summed E-state index contributed by atoms with van der Waals surface area (Å²) < 4.78 is 1.23. The second-order valence-electron chi connectivity index (χ2n) is 3.67. The Morgan fingerprint density at radius 3 is 2.94 bits per heavy atom. The topological polar surface area (TPSA) is 20.2 Å². The van der Waals surface area contributed by atoms with Gasteiger partial charge in [-0.05, 0) is 30.9 Å². The summed E-state index contributed by atoms with van der Waals surface area (Å²) in [6, 6.07) is 10.3. The molecule has 2 rings (SSSR count). The van der Waals surface area contributed by atoms with Gasteiger partial charge in [-0.2, -0.15) is 0 Å². The van der Waals surface area contributed by atoms with Crippen LogP contribution in [0.25, 0.3) is 10.1 Å². The average Bonchev–Trinajstić information content (AvgIpc) is 2.73. The fourth-order valence-electron chi connectivity index (χ4n) is 1.64. The molecule has 0 bridgehead atoms. The second kappa shape index (κ2) is 5.16. The van der Waals surface area contributed by atoms with Crippen LogP contribution in [0.5, 0.6) is 0 Å². The van der Waals surface area contributed by atoms with Crippen LogP contribution in [0.1, 0.15) is 30.7 Å². The lowest BCUT2D eigenvalue weighted by atomic mass is 10.1. The second-order valence-corrected chi connectivity index (χ2v) is 4.78. The number of thiophene rings is 1. The molecule has 1 aromatic carbocycles. The van der Waals surface area contributed by atoms with Gasteiger partial charge in [0.2, 0.25) is 0 Å². The van der Waals surface area contributed by atoms with Crippen molar-refractivity contribution in [3.05, 3.63) is 35.2 Å². The summed E-state index contributed by atoms with van der Waals surface area (Å²) in [4.78, 5) is 1.04. The van der Waals surface area contributed by atoms with Gasteiger partial charge in [0.1, 0.15) is 0 Å². The molecule has 2 heteroatoms.